The van der Waals surface area contributed by atoms with Gasteiger partial charge < -0.3 is 0 Å². The van der Waals surface area contributed by atoms with Crippen LogP contribution >= 0.6 is 6.60 Å². The van der Waals surface area contributed by atoms with E-state index in [1.165, 1.54) is 10.6 Å². The number of primary amides is 2. The zero-order valence-electron chi connectivity index (χ0n) is 18.5. The molecule has 0 spiro atoms. The van der Waals surface area contributed by atoms with Crippen molar-refractivity contribution in [1.82, 2.24) is 0 Å². The van der Waals surface area contributed by atoms with Gasteiger partial charge in [0.15, 0.2) is 0 Å². The summed E-state index contributed by atoms with van der Waals surface area (Å²) in [5.41, 5.74) is 12.0. The van der Waals surface area contributed by atoms with Gasteiger partial charge in [-0.2, -0.15) is 0 Å². The Balaban J connectivity index is 2.20. The van der Waals surface area contributed by atoms with Crippen LogP contribution in [0.15, 0.2) is 109 Å². The van der Waals surface area contributed by atoms with E-state index in [4.69, 9.17) is 11.5 Å². The number of carbonyl (C=O) groups is 2. The third-order valence-corrected chi connectivity index (χ3v) is 13.7. The van der Waals surface area contributed by atoms with Crippen LogP contribution in [0.4, 0.5) is 0 Å². The second-order valence-electron chi connectivity index (χ2n) is 8.11. The Morgan fingerprint density at radius 2 is 0.848 bits per heavy atom. The molecule has 33 heavy (non-hydrogen) atoms. The van der Waals surface area contributed by atoms with Gasteiger partial charge >= 0.3 is 194 Å². The molecule has 4 aromatic carbocycles. The first-order chi connectivity index (χ1) is 15.9. The number of amides is 2. The third kappa shape index (κ3) is 3.35. The predicted molar refractivity (Wildman–Crippen MR) is 139 cm³/mol. The molecule has 0 radical (unpaired) electrons. The Labute approximate surface area is 194 Å². The zero-order valence-corrected chi connectivity index (χ0v) is 19.4. The van der Waals surface area contributed by atoms with Crippen molar-refractivity contribution in [3.63, 3.8) is 0 Å². The molecule has 4 aromatic rings. The van der Waals surface area contributed by atoms with E-state index < -0.39 is 18.4 Å². The molecule has 0 atom stereocenters. The van der Waals surface area contributed by atoms with Gasteiger partial charge in [0, 0.05) is 0 Å². The van der Waals surface area contributed by atoms with Crippen LogP contribution in [0.3, 0.4) is 0 Å². The molecule has 4 rings (SSSR count). The summed E-state index contributed by atoms with van der Waals surface area (Å²) in [7, 11) is 0. The molecule has 0 aliphatic rings. The SMILES string of the molecule is CCP(c1ccccc1)(c1ccccc1)(c1ccc(C(N)=O)cc1)c1ccc(C(N)=O)cc1. The molecular weight excluding hydrogens is 427 g/mol. The van der Waals surface area contributed by atoms with Gasteiger partial charge in [-0.15, -0.1) is 0 Å². The van der Waals surface area contributed by atoms with E-state index in [9.17, 15) is 9.59 Å². The molecule has 0 unspecified atom stereocenters. The van der Waals surface area contributed by atoms with E-state index in [0.717, 1.165) is 16.8 Å². The fraction of sp³-hybridized carbons (Fsp3) is 0.0714. The predicted octanol–water partition coefficient (Wildman–Crippen LogP) is 3.06. The van der Waals surface area contributed by atoms with Gasteiger partial charge in [-0.05, 0) is 0 Å². The summed E-state index contributed by atoms with van der Waals surface area (Å²) in [6.07, 6.45) is 0.811. The number of hydrogen-bond donors (Lipinski definition) is 2. The molecule has 0 saturated heterocycles. The van der Waals surface area contributed by atoms with Crippen LogP contribution in [0.2, 0.25) is 0 Å². The van der Waals surface area contributed by atoms with Crippen molar-refractivity contribution in [2.45, 2.75) is 6.92 Å². The van der Waals surface area contributed by atoms with Gasteiger partial charge in [0.1, 0.15) is 0 Å². The van der Waals surface area contributed by atoms with E-state index in [1.807, 2.05) is 36.4 Å². The summed E-state index contributed by atoms with van der Waals surface area (Å²) < 4.78 is 0. The number of rotatable bonds is 7. The number of carbonyl (C=O) groups excluding carboxylic acids is 2. The van der Waals surface area contributed by atoms with E-state index in [1.54, 1.807) is 24.3 Å². The molecule has 0 aromatic heterocycles. The van der Waals surface area contributed by atoms with E-state index in [2.05, 4.69) is 55.5 Å². The van der Waals surface area contributed by atoms with E-state index in [0.29, 0.717) is 11.1 Å². The maximum atomic E-state index is 11.8. The van der Waals surface area contributed by atoms with Gasteiger partial charge in [-0.25, -0.2) is 0 Å². The minimum atomic E-state index is -3.27. The first-order valence-electron chi connectivity index (χ1n) is 10.9. The summed E-state index contributed by atoms with van der Waals surface area (Å²) in [6.45, 7) is -1.06. The standard InChI is InChI=1S/C28H27N2O2P/c1-2-33(23-9-5-3-6-10-23,24-11-7-4-8-12-24,25-17-13-21(14-18-25)27(29)31)26-19-15-22(16-20-26)28(30)32/h3-20H,2H2,1H3,(H2,29,31)(H2,30,32). The molecule has 0 heterocycles. The molecule has 4 nitrogen and oxygen atoms in total. The van der Waals surface area contributed by atoms with Crippen LogP contribution in [0, 0.1) is 0 Å². The second-order valence-corrected chi connectivity index (χ2v) is 13.4. The molecule has 0 aliphatic heterocycles. The summed E-state index contributed by atoms with van der Waals surface area (Å²) >= 11 is 0. The molecule has 0 bridgehead atoms. The normalized spacial score (nSPS) is 12.5. The minimum absolute atomic E-state index is 0.455. The van der Waals surface area contributed by atoms with Crippen molar-refractivity contribution in [2.24, 2.45) is 11.5 Å². The second kappa shape index (κ2) is 8.65. The Morgan fingerprint density at radius 3 is 1.12 bits per heavy atom. The van der Waals surface area contributed by atoms with Crippen molar-refractivity contribution in [3.8, 4) is 0 Å². The fourth-order valence-corrected chi connectivity index (χ4v) is 11.6. The van der Waals surface area contributed by atoms with Crippen LogP contribution in [-0.2, 0) is 0 Å². The number of benzene rings is 4. The third-order valence-electron chi connectivity index (χ3n) is 6.73. The Morgan fingerprint density at radius 1 is 0.545 bits per heavy atom. The first-order valence-corrected chi connectivity index (χ1v) is 13.3. The van der Waals surface area contributed by atoms with Gasteiger partial charge in [-0.3, -0.25) is 0 Å². The molecule has 0 fully saturated rings. The molecular formula is C28H27N2O2P. The fourth-order valence-electron chi connectivity index (χ4n) is 5.05. The summed E-state index contributed by atoms with van der Waals surface area (Å²) in [5.74, 6) is -0.910. The zero-order chi connectivity index (χ0) is 23.5. The van der Waals surface area contributed by atoms with Crippen molar-refractivity contribution < 1.29 is 9.59 Å². The van der Waals surface area contributed by atoms with Crippen molar-refractivity contribution >= 4 is 39.6 Å². The topological polar surface area (TPSA) is 86.2 Å². The van der Waals surface area contributed by atoms with Crippen LogP contribution < -0.4 is 32.7 Å². The van der Waals surface area contributed by atoms with E-state index >= 15 is 0 Å². The maximum absolute atomic E-state index is 11.8. The average Bonchev–Trinajstić information content (AvgIpc) is 2.87. The van der Waals surface area contributed by atoms with Crippen molar-refractivity contribution in [2.75, 3.05) is 6.16 Å². The molecule has 0 aliphatic carbocycles. The van der Waals surface area contributed by atoms with Crippen LogP contribution in [0.1, 0.15) is 27.6 Å². The molecule has 5 heteroatoms. The first kappa shape index (κ1) is 22.4. The van der Waals surface area contributed by atoms with Gasteiger partial charge in [0.2, 0.25) is 0 Å². The molecule has 0 saturated carbocycles. The Kier molecular flexibility index (Phi) is 5.88. The van der Waals surface area contributed by atoms with Crippen molar-refractivity contribution in [1.29, 1.82) is 0 Å². The summed E-state index contributed by atoms with van der Waals surface area (Å²) in [4.78, 5) is 23.6. The van der Waals surface area contributed by atoms with Gasteiger partial charge in [0.05, 0.1) is 0 Å². The molecule has 2 amide bonds. The van der Waals surface area contributed by atoms with Gasteiger partial charge in [-0.1, -0.05) is 0 Å². The summed E-state index contributed by atoms with van der Waals surface area (Å²) in [6, 6.07) is 36.3. The Hall–Kier alpha value is -3.75. The molecule has 4 N–H and O–H groups in total. The van der Waals surface area contributed by atoms with Crippen LogP contribution in [0.5, 0.6) is 0 Å². The average molecular weight is 455 g/mol. The monoisotopic (exact) mass is 454 g/mol. The Bertz CT molecular complexity index is 1180. The quantitative estimate of drug-likeness (QED) is 0.421. The summed E-state index contributed by atoms with van der Waals surface area (Å²) in [5, 5.41) is 4.65. The van der Waals surface area contributed by atoms with Crippen LogP contribution in [0.25, 0.3) is 0 Å². The van der Waals surface area contributed by atoms with Gasteiger partial charge in [0.25, 0.3) is 0 Å². The number of nitrogens with two attached hydrogens (primary N) is 2. The van der Waals surface area contributed by atoms with E-state index in [-0.39, 0.29) is 0 Å². The molecule has 166 valence electrons. The number of hydrogen-bond acceptors (Lipinski definition) is 2. The van der Waals surface area contributed by atoms with Crippen LogP contribution in [-0.4, -0.2) is 18.0 Å². The van der Waals surface area contributed by atoms with Crippen molar-refractivity contribution in [3.05, 3.63) is 120 Å².